The number of aromatic nitrogens is 4. The Bertz CT molecular complexity index is 503. The molecule has 0 amide bonds. The van der Waals surface area contributed by atoms with Gasteiger partial charge in [0.25, 0.3) is 0 Å². The zero-order valence-electron chi connectivity index (χ0n) is 10.2. The third kappa shape index (κ3) is 2.43. The summed E-state index contributed by atoms with van der Waals surface area (Å²) in [7, 11) is 0. The van der Waals surface area contributed by atoms with E-state index in [-0.39, 0.29) is 0 Å². The van der Waals surface area contributed by atoms with E-state index >= 15 is 0 Å². The Morgan fingerprint density at radius 2 is 2.12 bits per heavy atom. The molecule has 0 fully saturated rings. The fraction of sp³-hybridized carbons (Fsp3) is 0.417. The van der Waals surface area contributed by atoms with Crippen molar-refractivity contribution in [3.05, 3.63) is 30.1 Å². The summed E-state index contributed by atoms with van der Waals surface area (Å²) in [5, 5.41) is 0. The molecule has 0 saturated carbocycles. The number of nitrogen functional groups attached to an aromatic ring is 1. The normalized spacial score (nSPS) is 10.7. The molecule has 17 heavy (non-hydrogen) atoms. The summed E-state index contributed by atoms with van der Waals surface area (Å²) in [6.45, 7) is 4.16. The van der Waals surface area contributed by atoms with Gasteiger partial charge in [-0.3, -0.25) is 4.57 Å². The molecule has 0 saturated heterocycles. The van der Waals surface area contributed by atoms with Gasteiger partial charge in [-0.05, 0) is 6.42 Å². The summed E-state index contributed by atoms with van der Waals surface area (Å²) in [5.74, 6) is 3.08. The van der Waals surface area contributed by atoms with Crippen molar-refractivity contribution in [1.29, 1.82) is 0 Å². The average Bonchev–Trinajstić information content (AvgIpc) is 2.76. The van der Waals surface area contributed by atoms with E-state index in [0.29, 0.717) is 5.82 Å². The summed E-state index contributed by atoms with van der Waals surface area (Å²) >= 11 is 0. The molecule has 0 aliphatic heterocycles. The Labute approximate surface area is 101 Å². The topological polar surface area (TPSA) is 69.6 Å². The smallest absolute Gasteiger partial charge is 0.143 e. The fourth-order valence-corrected chi connectivity index (χ4v) is 1.77. The van der Waals surface area contributed by atoms with Gasteiger partial charge in [-0.2, -0.15) is 0 Å². The second-order valence-corrected chi connectivity index (χ2v) is 3.88. The molecule has 2 aromatic rings. The van der Waals surface area contributed by atoms with Crippen LogP contribution in [0.15, 0.2) is 18.5 Å². The lowest BCUT2D eigenvalue weighted by Gasteiger charge is -2.08. The highest BCUT2D eigenvalue weighted by Crippen LogP contribution is 2.12. The minimum atomic E-state index is 0.509. The van der Waals surface area contributed by atoms with Gasteiger partial charge in [0.2, 0.25) is 0 Å². The summed E-state index contributed by atoms with van der Waals surface area (Å²) in [5.41, 5.74) is 5.80. The van der Waals surface area contributed by atoms with Crippen molar-refractivity contribution in [1.82, 2.24) is 19.5 Å². The molecule has 0 radical (unpaired) electrons. The van der Waals surface area contributed by atoms with Crippen LogP contribution in [-0.2, 0) is 12.8 Å². The Balaban J connectivity index is 2.44. The van der Waals surface area contributed by atoms with Gasteiger partial charge in [0.05, 0.1) is 0 Å². The molecule has 5 heteroatoms. The molecular formula is C12H17N5. The number of hydrogen-bond donors (Lipinski definition) is 1. The Morgan fingerprint density at radius 1 is 1.29 bits per heavy atom. The molecule has 0 unspecified atom stereocenters. The fourth-order valence-electron chi connectivity index (χ4n) is 1.77. The van der Waals surface area contributed by atoms with Gasteiger partial charge >= 0.3 is 0 Å². The van der Waals surface area contributed by atoms with E-state index in [1.54, 1.807) is 12.3 Å². The number of nitrogens with zero attached hydrogens (tertiary/aromatic N) is 4. The summed E-state index contributed by atoms with van der Waals surface area (Å²) in [6.07, 6.45) is 6.38. The van der Waals surface area contributed by atoms with Gasteiger partial charge in [0.1, 0.15) is 23.3 Å². The van der Waals surface area contributed by atoms with Crippen LogP contribution in [0.5, 0.6) is 0 Å². The largest absolute Gasteiger partial charge is 0.384 e. The predicted molar refractivity (Wildman–Crippen MR) is 66.9 cm³/mol. The minimum absolute atomic E-state index is 0.509. The highest BCUT2D eigenvalue weighted by Gasteiger charge is 2.07. The Hall–Kier alpha value is -1.91. The van der Waals surface area contributed by atoms with Crippen molar-refractivity contribution in [2.24, 2.45) is 0 Å². The molecule has 5 nitrogen and oxygen atoms in total. The van der Waals surface area contributed by atoms with Crippen LogP contribution in [0.4, 0.5) is 5.82 Å². The number of nitrogens with two attached hydrogens (primary N) is 1. The molecule has 2 heterocycles. The van der Waals surface area contributed by atoms with Gasteiger partial charge in [-0.15, -0.1) is 0 Å². The number of imidazole rings is 1. The first-order chi connectivity index (χ1) is 8.24. The van der Waals surface area contributed by atoms with E-state index in [0.717, 1.165) is 36.7 Å². The molecule has 0 aromatic carbocycles. The molecule has 0 atom stereocenters. The SMILES string of the molecule is CCCc1nc(N)cc(-n2ccnc2CC)n1. The van der Waals surface area contributed by atoms with Crippen LogP contribution in [0.25, 0.3) is 5.82 Å². The van der Waals surface area contributed by atoms with E-state index in [4.69, 9.17) is 5.73 Å². The number of hydrogen-bond acceptors (Lipinski definition) is 4. The minimum Gasteiger partial charge on any atom is -0.384 e. The van der Waals surface area contributed by atoms with E-state index < -0.39 is 0 Å². The first-order valence-electron chi connectivity index (χ1n) is 5.90. The molecule has 0 aliphatic rings. The number of rotatable bonds is 4. The molecule has 2 rings (SSSR count). The van der Waals surface area contributed by atoms with Crippen LogP contribution in [0.3, 0.4) is 0 Å². The van der Waals surface area contributed by atoms with Gasteiger partial charge in [0.15, 0.2) is 0 Å². The highest BCUT2D eigenvalue weighted by atomic mass is 15.1. The van der Waals surface area contributed by atoms with Crippen molar-refractivity contribution in [2.75, 3.05) is 5.73 Å². The monoisotopic (exact) mass is 231 g/mol. The van der Waals surface area contributed by atoms with Crippen molar-refractivity contribution in [3.8, 4) is 5.82 Å². The van der Waals surface area contributed by atoms with Gasteiger partial charge in [-0.25, -0.2) is 15.0 Å². The maximum Gasteiger partial charge on any atom is 0.143 e. The Kier molecular flexibility index (Phi) is 3.37. The summed E-state index contributed by atoms with van der Waals surface area (Å²) in [4.78, 5) is 13.0. The second-order valence-electron chi connectivity index (χ2n) is 3.88. The quantitative estimate of drug-likeness (QED) is 0.870. The van der Waals surface area contributed by atoms with Crippen molar-refractivity contribution < 1.29 is 0 Å². The van der Waals surface area contributed by atoms with Crippen LogP contribution in [0.2, 0.25) is 0 Å². The maximum atomic E-state index is 5.80. The molecule has 90 valence electrons. The lowest BCUT2D eigenvalue weighted by atomic mass is 10.3. The summed E-state index contributed by atoms with van der Waals surface area (Å²) in [6, 6.07) is 1.78. The maximum absolute atomic E-state index is 5.80. The standard InChI is InChI=1S/C12H17N5/c1-3-5-10-15-9(13)8-12(16-10)17-7-6-14-11(17)4-2/h6-8H,3-5H2,1-2H3,(H2,13,15,16). The van der Waals surface area contributed by atoms with Crippen LogP contribution in [-0.4, -0.2) is 19.5 Å². The molecular weight excluding hydrogens is 214 g/mol. The van der Waals surface area contributed by atoms with E-state index in [9.17, 15) is 0 Å². The van der Waals surface area contributed by atoms with Crippen molar-refractivity contribution in [3.63, 3.8) is 0 Å². The average molecular weight is 231 g/mol. The molecule has 0 bridgehead atoms. The van der Waals surface area contributed by atoms with Crippen LogP contribution in [0, 0.1) is 0 Å². The van der Waals surface area contributed by atoms with Crippen molar-refractivity contribution >= 4 is 5.82 Å². The van der Waals surface area contributed by atoms with Crippen LogP contribution < -0.4 is 5.73 Å². The van der Waals surface area contributed by atoms with E-state index in [1.807, 2.05) is 10.8 Å². The van der Waals surface area contributed by atoms with Crippen molar-refractivity contribution in [2.45, 2.75) is 33.1 Å². The molecule has 0 aliphatic carbocycles. The van der Waals surface area contributed by atoms with Crippen LogP contribution in [0.1, 0.15) is 31.9 Å². The second kappa shape index (κ2) is 4.95. The highest BCUT2D eigenvalue weighted by molar-refractivity contribution is 5.38. The van der Waals surface area contributed by atoms with Gasteiger partial charge in [0, 0.05) is 31.3 Å². The zero-order valence-corrected chi connectivity index (χ0v) is 10.2. The lowest BCUT2D eigenvalue weighted by Crippen LogP contribution is -2.07. The Morgan fingerprint density at radius 3 is 2.82 bits per heavy atom. The molecule has 0 spiro atoms. The summed E-state index contributed by atoms with van der Waals surface area (Å²) < 4.78 is 1.96. The lowest BCUT2D eigenvalue weighted by molar-refractivity contribution is 0.802. The third-order valence-electron chi connectivity index (χ3n) is 2.53. The first kappa shape index (κ1) is 11.6. The van der Waals surface area contributed by atoms with Crippen LogP contribution >= 0.6 is 0 Å². The van der Waals surface area contributed by atoms with E-state index in [1.165, 1.54) is 0 Å². The third-order valence-corrected chi connectivity index (χ3v) is 2.53. The molecule has 2 aromatic heterocycles. The predicted octanol–water partition coefficient (Wildman–Crippen LogP) is 1.76. The first-order valence-corrected chi connectivity index (χ1v) is 5.90. The molecule has 2 N–H and O–H groups in total. The van der Waals surface area contributed by atoms with E-state index in [2.05, 4.69) is 28.8 Å². The van der Waals surface area contributed by atoms with Gasteiger partial charge in [-0.1, -0.05) is 13.8 Å². The van der Waals surface area contributed by atoms with Gasteiger partial charge < -0.3 is 5.73 Å². The number of aryl methyl sites for hydroxylation is 2. The zero-order chi connectivity index (χ0) is 12.3. The number of anilines is 1.